The van der Waals surface area contributed by atoms with Crippen LogP contribution >= 0.6 is 11.3 Å². The zero-order valence-corrected chi connectivity index (χ0v) is 16.3. The van der Waals surface area contributed by atoms with Crippen LogP contribution in [0.4, 0.5) is 4.79 Å². The van der Waals surface area contributed by atoms with E-state index >= 15 is 0 Å². The molecule has 2 heterocycles. The minimum absolute atomic E-state index is 0.0254. The Bertz CT molecular complexity index is 1020. The van der Waals surface area contributed by atoms with Crippen molar-refractivity contribution >= 4 is 23.4 Å². The first kappa shape index (κ1) is 17.9. The van der Waals surface area contributed by atoms with Gasteiger partial charge >= 0.3 is 12.1 Å². The highest BCUT2D eigenvalue weighted by Crippen LogP contribution is 2.44. The fraction of sp³-hybridized carbons (Fsp3) is 0.227. The van der Waals surface area contributed by atoms with Crippen molar-refractivity contribution in [3.8, 4) is 11.1 Å². The van der Waals surface area contributed by atoms with Gasteiger partial charge < -0.3 is 9.47 Å². The van der Waals surface area contributed by atoms with Gasteiger partial charge in [-0.25, -0.2) is 14.6 Å². The summed E-state index contributed by atoms with van der Waals surface area (Å²) < 4.78 is 10.8. The van der Waals surface area contributed by atoms with E-state index < -0.39 is 18.1 Å². The Kier molecular flexibility index (Phi) is 4.52. The number of ether oxygens (including phenoxy) is 2. The molecule has 0 N–H and O–H groups in total. The maximum absolute atomic E-state index is 12.8. The van der Waals surface area contributed by atoms with Crippen molar-refractivity contribution in [3.63, 3.8) is 0 Å². The lowest BCUT2D eigenvalue weighted by Gasteiger charge is -2.21. The van der Waals surface area contributed by atoms with Gasteiger partial charge in [-0.15, -0.1) is 11.3 Å². The predicted octanol–water partition coefficient (Wildman–Crippen LogP) is 3.82. The van der Waals surface area contributed by atoms with Gasteiger partial charge in [0.2, 0.25) is 0 Å². The van der Waals surface area contributed by atoms with Gasteiger partial charge in [-0.3, -0.25) is 4.90 Å². The van der Waals surface area contributed by atoms with Crippen molar-refractivity contribution in [2.75, 3.05) is 13.3 Å². The highest BCUT2D eigenvalue weighted by Gasteiger charge is 2.40. The fourth-order valence-corrected chi connectivity index (χ4v) is 4.60. The summed E-state index contributed by atoms with van der Waals surface area (Å²) in [6.07, 6.45) is -0.218. The standard InChI is InChI=1S/C22H18N2O4S/c25-21-20(9-14-11-29-12-23-14)24(13-28-21)22(26)27-10-19-17-7-3-1-5-15(17)16-6-2-4-8-18(16)19/h1-8,11-12,19-20H,9-10,13H2/t20-/m0/s1. The molecule has 1 amide bonds. The van der Waals surface area contributed by atoms with Gasteiger partial charge in [0.05, 0.1) is 11.2 Å². The van der Waals surface area contributed by atoms with Crippen LogP contribution in [0.15, 0.2) is 59.4 Å². The van der Waals surface area contributed by atoms with Crippen LogP contribution in [0.5, 0.6) is 0 Å². The number of carbonyl (C=O) groups is 2. The Balaban J connectivity index is 1.32. The van der Waals surface area contributed by atoms with Gasteiger partial charge in [-0.2, -0.15) is 0 Å². The summed E-state index contributed by atoms with van der Waals surface area (Å²) in [5.74, 6) is -0.450. The van der Waals surface area contributed by atoms with Gasteiger partial charge in [0.15, 0.2) is 6.73 Å². The van der Waals surface area contributed by atoms with Crippen LogP contribution < -0.4 is 0 Å². The lowest BCUT2D eigenvalue weighted by molar-refractivity contribution is -0.139. The van der Waals surface area contributed by atoms with Crippen molar-refractivity contribution in [1.82, 2.24) is 9.88 Å². The minimum atomic E-state index is -0.701. The van der Waals surface area contributed by atoms with E-state index in [2.05, 4.69) is 29.2 Å². The molecule has 1 fully saturated rings. The number of amides is 1. The molecule has 7 heteroatoms. The zero-order valence-electron chi connectivity index (χ0n) is 15.5. The zero-order chi connectivity index (χ0) is 19.8. The third-order valence-electron chi connectivity index (χ3n) is 5.45. The number of cyclic esters (lactones) is 1. The molecular weight excluding hydrogens is 388 g/mol. The quantitative estimate of drug-likeness (QED) is 0.616. The highest BCUT2D eigenvalue weighted by atomic mass is 32.1. The first-order chi connectivity index (χ1) is 14.2. The number of carbonyl (C=O) groups excluding carboxylic acids is 2. The molecule has 6 nitrogen and oxygen atoms in total. The van der Waals surface area contributed by atoms with Crippen LogP contribution in [-0.4, -0.2) is 41.3 Å². The Hall–Kier alpha value is -3.19. The van der Waals surface area contributed by atoms with E-state index in [4.69, 9.17) is 9.47 Å². The van der Waals surface area contributed by atoms with Gasteiger partial charge in [-0.05, 0) is 22.3 Å². The molecule has 1 aromatic heterocycles. The van der Waals surface area contributed by atoms with Gasteiger partial charge in [-0.1, -0.05) is 48.5 Å². The van der Waals surface area contributed by atoms with Crippen LogP contribution in [0.1, 0.15) is 22.7 Å². The van der Waals surface area contributed by atoms with Crippen molar-refractivity contribution in [1.29, 1.82) is 0 Å². The summed E-state index contributed by atoms with van der Waals surface area (Å²) in [6, 6.07) is 15.6. The Morgan fingerprint density at radius 1 is 1.14 bits per heavy atom. The van der Waals surface area contributed by atoms with E-state index in [0.29, 0.717) is 6.42 Å². The number of fused-ring (bicyclic) bond motifs is 3. The first-order valence-electron chi connectivity index (χ1n) is 9.37. The molecule has 3 aromatic rings. The summed E-state index contributed by atoms with van der Waals surface area (Å²) in [7, 11) is 0. The molecule has 0 unspecified atom stereocenters. The molecule has 146 valence electrons. The molecular formula is C22H18N2O4S. The second-order valence-corrected chi connectivity index (χ2v) is 7.78. The number of nitrogens with zero attached hydrogens (tertiary/aromatic N) is 2. The number of hydrogen-bond acceptors (Lipinski definition) is 6. The normalized spacial score (nSPS) is 17.7. The third-order valence-corrected chi connectivity index (χ3v) is 6.09. The highest BCUT2D eigenvalue weighted by molar-refractivity contribution is 7.07. The molecule has 2 aliphatic rings. The average Bonchev–Trinajstić information content (AvgIpc) is 3.46. The number of aromatic nitrogens is 1. The molecule has 0 spiro atoms. The van der Waals surface area contributed by atoms with Crippen LogP contribution in [0.2, 0.25) is 0 Å². The molecule has 0 bridgehead atoms. The molecule has 2 aromatic carbocycles. The molecule has 1 atom stereocenters. The van der Waals surface area contributed by atoms with E-state index in [9.17, 15) is 9.59 Å². The number of thiazole rings is 1. The lowest BCUT2D eigenvalue weighted by atomic mass is 9.98. The number of esters is 1. The Morgan fingerprint density at radius 3 is 2.48 bits per heavy atom. The van der Waals surface area contributed by atoms with Crippen LogP contribution in [0.3, 0.4) is 0 Å². The van der Waals surface area contributed by atoms with Gasteiger partial charge in [0.1, 0.15) is 12.6 Å². The number of rotatable bonds is 4. The van der Waals surface area contributed by atoms with E-state index in [1.165, 1.54) is 27.4 Å². The van der Waals surface area contributed by atoms with E-state index in [1.807, 2.05) is 29.6 Å². The monoisotopic (exact) mass is 406 g/mol. The summed E-state index contributed by atoms with van der Waals surface area (Å²) >= 11 is 1.45. The molecule has 5 rings (SSSR count). The average molecular weight is 406 g/mol. The van der Waals surface area contributed by atoms with Gasteiger partial charge in [0, 0.05) is 17.7 Å². The second-order valence-electron chi connectivity index (χ2n) is 7.07. The smallest absolute Gasteiger partial charge is 0.413 e. The van der Waals surface area contributed by atoms with E-state index in [-0.39, 0.29) is 19.3 Å². The lowest BCUT2D eigenvalue weighted by Crippen LogP contribution is -2.40. The summed E-state index contributed by atoms with van der Waals surface area (Å²) in [5, 5.41) is 1.86. The Morgan fingerprint density at radius 2 is 1.83 bits per heavy atom. The van der Waals surface area contributed by atoms with Crippen LogP contribution in [-0.2, 0) is 20.7 Å². The predicted molar refractivity (Wildman–Crippen MR) is 107 cm³/mol. The van der Waals surface area contributed by atoms with Crippen molar-refractivity contribution < 1.29 is 19.1 Å². The van der Waals surface area contributed by atoms with Crippen molar-refractivity contribution in [2.24, 2.45) is 0 Å². The number of hydrogen-bond donors (Lipinski definition) is 0. The summed E-state index contributed by atoms with van der Waals surface area (Å²) in [4.78, 5) is 30.4. The Labute approximate surface area is 171 Å². The van der Waals surface area contributed by atoms with Crippen LogP contribution in [0, 0.1) is 0 Å². The third kappa shape index (κ3) is 3.17. The maximum atomic E-state index is 12.8. The first-order valence-corrected chi connectivity index (χ1v) is 10.3. The van der Waals surface area contributed by atoms with Gasteiger partial charge in [0.25, 0.3) is 0 Å². The van der Waals surface area contributed by atoms with Crippen LogP contribution in [0.25, 0.3) is 11.1 Å². The second kappa shape index (κ2) is 7.33. The maximum Gasteiger partial charge on any atom is 0.413 e. The summed E-state index contributed by atoms with van der Waals surface area (Å²) in [5.41, 5.74) is 7.10. The van der Waals surface area contributed by atoms with Crippen molar-refractivity contribution in [2.45, 2.75) is 18.4 Å². The summed E-state index contributed by atoms with van der Waals surface area (Å²) in [6.45, 7) is 0.116. The van der Waals surface area contributed by atoms with E-state index in [1.54, 1.807) is 5.51 Å². The molecule has 29 heavy (non-hydrogen) atoms. The SMILES string of the molecule is O=C1OCN(C(=O)OCC2c3ccccc3-c3ccccc32)[C@H]1Cc1cscn1. The number of benzene rings is 2. The fourth-order valence-electron chi connectivity index (χ4n) is 4.03. The molecule has 1 aliphatic heterocycles. The molecule has 0 radical (unpaired) electrons. The van der Waals surface area contributed by atoms with Crippen molar-refractivity contribution in [3.05, 3.63) is 76.2 Å². The topological polar surface area (TPSA) is 68.7 Å². The molecule has 1 saturated heterocycles. The molecule has 0 saturated carbocycles. The molecule has 1 aliphatic carbocycles. The minimum Gasteiger partial charge on any atom is -0.448 e. The van der Waals surface area contributed by atoms with E-state index in [0.717, 1.165) is 16.8 Å². The largest absolute Gasteiger partial charge is 0.448 e.